The molecule has 4 heteroatoms. The summed E-state index contributed by atoms with van der Waals surface area (Å²) in [7, 11) is 2.01. The van der Waals surface area contributed by atoms with Crippen LogP contribution in [0.2, 0.25) is 0 Å². The number of piperazine rings is 1. The van der Waals surface area contributed by atoms with Gasteiger partial charge in [0.15, 0.2) is 0 Å². The summed E-state index contributed by atoms with van der Waals surface area (Å²) in [6.07, 6.45) is 5.26. The van der Waals surface area contributed by atoms with Crippen LogP contribution >= 0.6 is 0 Å². The van der Waals surface area contributed by atoms with E-state index in [0.29, 0.717) is 0 Å². The molecule has 0 atom stereocenters. The Morgan fingerprint density at radius 1 is 0.952 bits per heavy atom. The summed E-state index contributed by atoms with van der Waals surface area (Å²) in [5.74, 6) is -0.157. The predicted molar refractivity (Wildman–Crippen MR) is 87.4 cm³/mol. The highest BCUT2D eigenvalue weighted by atomic mass is 19.1. The molecule has 0 saturated carbocycles. The van der Waals surface area contributed by atoms with Crippen LogP contribution in [-0.2, 0) is 0 Å². The Morgan fingerprint density at radius 3 is 2.29 bits per heavy atom. The van der Waals surface area contributed by atoms with Gasteiger partial charge in [-0.25, -0.2) is 4.39 Å². The first-order chi connectivity index (χ1) is 10.3. The highest BCUT2D eigenvalue weighted by Gasteiger charge is 2.16. The largest absolute Gasteiger partial charge is 0.369 e. The number of hydrogen-bond acceptors (Lipinski definition) is 3. The van der Waals surface area contributed by atoms with E-state index in [1.807, 2.05) is 19.2 Å². The Kier molecular flexibility index (Phi) is 6.96. The fourth-order valence-corrected chi connectivity index (χ4v) is 2.87. The van der Waals surface area contributed by atoms with E-state index in [1.54, 1.807) is 12.1 Å². The molecule has 1 heterocycles. The van der Waals surface area contributed by atoms with Crippen molar-refractivity contribution in [1.29, 1.82) is 0 Å². The van der Waals surface area contributed by atoms with Crippen LogP contribution in [0, 0.1) is 5.82 Å². The molecular formula is C17H28FN3. The fourth-order valence-electron chi connectivity index (χ4n) is 2.87. The van der Waals surface area contributed by atoms with E-state index in [4.69, 9.17) is 0 Å². The number of hydrogen-bond donors (Lipinski definition) is 1. The van der Waals surface area contributed by atoms with E-state index in [0.717, 1.165) is 38.4 Å². The molecule has 0 amide bonds. The van der Waals surface area contributed by atoms with Crippen LogP contribution in [0.5, 0.6) is 0 Å². The maximum atomic E-state index is 12.9. The highest BCUT2D eigenvalue weighted by Crippen LogP contribution is 2.17. The number of nitrogens with one attached hydrogen (secondary N) is 1. The Balaban J connectivity index is 1.61. The second kappa shape index (κ2) is 9.00. The fraction of sp³-hybridized carbons (Fsp3) is 0.647. The third-order valence-corrected chi connectivity index (χ3v) is 4.22. The molecule has 3 nitrogen and oxygen atoms in total. The summed E-state index contributed by atoms with van der Waals surface area (Å²) in [4.78, 5) is 4.90. The van der Waals surface area contributed by atoms with Crippen LogP contribution in [0.3, 0.4) is 0 Å². The zero-order chi connectivity index (χ0) is 14.9. The molecule has 118 valence electrons. The molecule has 2 rings (SSSR count). The topological polar surface area (TPSA) is 18.5 Å². The van der Waals surface area contributed by atoms with Gasteiger partial charge in [0.1, 0.15) is 5.82 Å². The van der Waals surface area contributed by atoms with Crippen molar-refractivity contribution < 1.29 is 4.39 Å². The molecule has 0 aromatic heterocycles. The van der Waals surface area contributed by atoms with Crippen molar-refractivity contribution in [3.63, 3.8) is 0 Å². The molecule has 1 fully saturated rings. The van der Waals surface area contributed by atoms with E-state index in [1.165, 1.54) is 32.2 Å². The van der Waals surface area contributed by atoms with Crippen molar-refractivity contribution in [3.8, 4) is 0 Å². The second-order valence-corrected chi connectivity index (χ2v) is 5.82. The molecule has 1 aliphatic rings. The molecule has 0 unspecified atom stereocenters. The smallest absolute Gasteiger partial charge is 0.123 e. The Bertz CT molecular complexity index is 386. The molecule has 21 heavy (non-hydrogen) atoms. The number of halogens is 1. The highest BCUT2D eigenvalue weighted by molar-refractivity contribution is 5.46. The van der Waals surface area contributed by atoms with Gasteiger partial charge in [0, 0.05) is 31.9 Å². The minimum Gasteiger partial charge on any atom is -0.369 e. The van der Waals surface area contributed by atoms with E-state index in [2.05, 4.69) is 15.1 Å². The summed E-state index contributed by atoms with van der Waals surface area (Å²) in [6, 6.07) is 6.86. The van der Waals surface area contributed by atoms with Gasteiger partial charge in [0.2, 0.25) is 0 Å². The van der Waals surface area contributed by atoms with Crippen molar-refractivity contribution in [2.75, 3.05) is 51.2 Å². The number of benzene rings is 1. The number of anilines is 1. The van der Waals surface area contributed by atoms with Gasteiger partial charge in [0.25, 0.3) is 0 Å². The molecule has 1 N–H and O–H groups in total. The lowest BCUT2D eigenvalue weighted by Gasteiger charge is -2.36. The minimum absolute atomic E-state index is 0.157. The summed E-state index contributed by atoms with van der Waals surface area (Å²) in [5, 5.41) is 3.19. The molecule has 1 aliphatic heterocycles. The maximum Gasteiger partial charge on any atom is 0.123 e. The predicted octanol–water partition coefficient (Wildman–Crippen LogP) is 2.73. The van der Waals surface area contributed by atoms with Crippen LogP contribution < -0.4 is 10.2 Å². The molecular weight excluding hydrogens is 265 g/mol. The zero-order valence-corrected chi connectivity index (χ0v) is 13.2. The van der Waals surface area contributed by atoms with E-state index < -0.39 is 0 Å². The average molecular weight is 293 g/mol. The third-order valence-electron chi connectivity index (χ3n) is 4.22. The van der Waals surface area contributed by atoms with Gasteiger partial charge in [0.05, 0.1) is 0 Å². The van der Waals surface area contributed by atoms with Gasteiger partial charge >= 0.3 is 0 Å². The molecule has 0 aliphatic carbocycles. The van der Waals surface area contributed by atoms with E-state index in [-0.39, 0.29) is 5.82 Å². The van der Waals surface area contributed by atoms with Crippen molar-refractivity contribution in [2.45, 2.75) is 25.7 Å². The lowest BCUT2D eigenvalue weighted by molar-refractivity contribution is 0.252. The quantitative estimate of drug-likeness (QED) is 0.744. The van der Waals surface area contributed by atoms with Gasteiger partial charge in [-0.3, -0.25) is 4.90 Å². The van der Waals surface area contributed by atoms with Crippen molar-refractivity contribution in [1.82, 2.24) is 10.2 Å². The van der Waals surface area contributed by atoms with Crippen LogP contribution in [0.15, 0.2) is 24.3 Å². The summed E-state index contributed by atoms with van der Waals surface area (Å²) in [5.41, 5.74) is 1.14. The van der Waals surface area contributed by atoms with Gasteiger partial charge in [-0.1, -0.05) is 12.8 Å². The first-order valence-electron chi connectivity index (χ1n) is 8.17. The average Bonchev–Trinajstić information content (AvgIpc) is 2.52. The van der Waals surface area contributed by atoms with Crippen molar-refractivity contribution >= 4 is 5.69 Å². The Morgan fingerprint density at radius 2 is 1.62 bits per heavy atom. The minimum atomic E-state index is -0.157. The van der Waals surface area contributed by atoms with Gasteiger partial charge in [-0.15, -0.1) is 0 Å². The lowest BCUT2D eigenvalue weighted by atomic mass is 10.1. The number of nitrogens with zero attached hydrogens (tertiary/aromatic N) is 2. The summed E-state index contributed by atoms with van der Waals surface area (Å²) >= 11 is 0. The first kappa shape index (κ1) is 16.2. The van der Waals surface area contributed by atoms with Crippen LogP contribution in [0.25, 0.3) is 0 Å². The molecule has 0 bridgehead atoms. The SMILES string of the molecule is CNCCCCCCN1CCN(c2ccc(F)cc2)CC1. The Hall–Kier alpha value is -1.13. The van der Waals surface area contributed by atoms with Crippen LogP contribution in [0.1, 0.15) is 25.7 Å². The summed E-state index contributed by atoms with van der Waals surface area (Å²) in [6.45, 7) is 6.69. The van der Waals surface area contributed by atoms with Crippen molar-refractivity contribution in [2.24, 2.45) is 0 Å². The van der Waals surface area contributed by atoms with E-state index >= 15 is 0 Å². The first-order valence-corrected chi connectivity index (χ1v) is 8.17. The number of unbranched alkanes of at least 4 members (excludes halogenated alkanes) is 3. The van der Waals surface area contributed by atoms with Gasteiger partial charge in [-0.05, 0) is 57.2 Å². The lowest BCUT2D eigenvalue weighted by Crippen LogP contribution is -2.46. The van der Waals surface area contributed by atoms with Gasteiger partial charge < -0.3 is 10.2 Å². The van der Waals surface area contributed by atoms with Gasteiger partial charge in [-0.2, -0.15) is 0 Å². The monoisotopic (exact) mass is 293 g/mol. The third kappa shape index (κ3) is 5.64. The van der Waals surface area contributed by atoms with Crippen LogP contribution in [0.4, 0.5) is 10.1 Å². The number of rotatable bonds is 8. The standard InChI is InChI=1S/C17H28FN3/c1-19-10-4-2-3-5-11-20-12-14-21(15-13-20)17-8-6-16(18)7-9-17/h6-9,19H,2-5,10-15H2,1H3. The Labute approximate surface area is 128 Å². The summed E-state index contributed by atoms with van der Waals surface area (Å²) < 4.78 is 12.9. The molecule has 0 radical (unpaired) electrons. The normalized spacial score (nSPS) is 16.4. The van der Waals surface area contributed by atoms with Crippen molar-refractivity contribution in [3.05, 3.63) is 30.1 Å². The molecule has 1 aromatic carbocycles. The zero-order valence-electron chi connectivity index (χ0n) is 13.2. The molecule has 1 saturated heterocycles. The molecule has 0 spiro atoms. The van der Waals surface area contributed by atoms with E-state index in [9.17, 15) is 4.39 Å². The molecule has 1 aromatic rings. The van der Waals surface area contributed by atoms with Crippen LogP contribution in [-0.4, -0.2) is 51.2 Å². The second-order valence-electron chi connectivity index (χ2n) is 5.82. The maximum absolute atomic E-state index is 12.9.